The summed E-state index contributed by atoms with van der Waals surface area (Å²) in [6.45, 7) is 0.918. The van der Waals surface area contributed by atoms with Crippen LogP contribution in [0, 0.1) is 0 Å². The molecule has 1 unspecified atom stereocenters. The first-order valence-corrected chi connectivity index (χ1v) is 4.48. The lowest BCUT2D eigenvalue weighted by atomic mass is 9.95. The summed E-state index contributed by atoms with van der Waals surface area (Å²) in [6, 6.07) is 4.91. The third-order valence-electron chi connectivity index (χ3n) is 2.50. The average molecular weight is 193 g/mol. The van der Waals surface area contributed by atoms with Gasteiger partial charge in [0.15, 0.2) is 0 Å². The lowest BCUT2D eigenvalue weighted by Crippen LogP contribution is -2.35. The predicted octanol–water partition coefficient (Wildman–Crippen LogP) is 1.12. The number of carboxylic acids is 1. The van der Waals surface area contributed by atoms with Crippen LogP contribution in [0.3, 0.4) is 0 Å². The van der Waals surface area contributed by atoms with Gasteiger partial charge in [-0.1, -0.05) is 12.1 Å². The highest BCUT2D eigenvalue weighted by Gasteiger charge is 2.23. The third kappa shape index (κ3) is 1.33. The molecule has 14 heavy (non-hydrogen) atoms. The zero-order valence-electron chi connectivity index (χ0n) is 7.53. The molecule has 0 radical (unpaired) electrons. The van der Waals surface area contributed by atoms with Gasteiger partial charge in [-0.3, -0.25) is 0 Å². The van der Waals surface area contributed by atoms with Gasteiger partial charge in [-0.05, 0) is 19.0 Å². The largest absolute Gasteiger partial charge is 0.507 e. The molecule has 0 saturated carbocycles. The SMILES string of the molecule is O=C(O)c1cccc(C2CCN2)c1O. The molecule has 0 amide bonds. The van der Waals surface area contributed by atoms with Crippen molar-refractivity contribution in [3.8, 4) is 5.75 Å². The number of nitrogens with one attached hydrogen (secondary N) is 1. The lowest BCUT2D eigenvalue weighted by molar-refractivity contribution is 0.0693. The Labute approximate surface area is 81.2 Å². The maximum absolute atomic E-state index is 10.7. The molecule has 1 fully saturated rings. The van der Waals surface area contributed by atoms with E-state index in [0.717, 1.165) is 13.0 Å². The second kappa shape index (κ2) is 3.31. The Morgan fingerprint density at radius 1 is 1.50 bits per heavy atom. The van der Waals surface area contributed by atoms with Crippen molar-refractivity contribution in [2.45, 2.75) is 12.5 Å². The third-order valence-corrected chi connectivity index (χ3v) is 2.50. The Morgan fingerprint density at radius 3 is 2.71 bits per heavy atom. The van der Waals surface area contributed by atoms with E-state index in [4.69, 9.17) is 5.11 Å². The van der Waals surface area contributed by atoms with E-state index in [1.54, 1.807) is 12.1 Å². The second-order valence-corrected chi connectivity index (χ2v) is 3.34. The molecule has 1 aromatic rings. The lowest BCUT2D eigenvalue weighted by Gasteiger charge is -2.28. The van der Waals surface area contributed by atoms with Crippen LogP contribution in [0.25, 0.3) is 0 Å². The van der Waals surface area contributed by atoms with Gasteiger partial charge in [0.25, 0.3) is 0 Å². The van der Waals surface area contributed by atoms with Gasteiger partial charge in [-0.15, -0.1) is 0 Å². The maximum atomic E-state index is 10.7. The Balaban J connectivity index is 2.40. The Kier molecular flexibility index (Phi) is 2.13. The Morgan fingerprint density at radius 2 is 2.21 bits per heavy atom. The van der Waals surface area contributed by atoms with Gasteiger partial charge < -0.3 is 15.5 Å². The summed E-state index contributed by atoms with van der Waals surface area (Å²) >= 11 is 0. The van der Waals surface area contributed by atoms with Crippen molar-refractivity contribution in [1.82, 2.24) is 5.32 Å². The number of benzene rings is 1. The summed E-state index contributed by atoms with van der Waals surface area (Å²) in [7, 11) is 0. The fourth-order valence-electron chi connectivity index (χ4n) is 1.57. The van der Waals surface area contributed by atoms with Crippen molar-refractivity contribution in [2.75, 3.05) is 6.54 Å². The van der Waals surface area contributed by atoms with Crippen LogP contribution in [0.1, 0.15) is 28.4 Å². The van der Waals surface area contributed by atoms with E-state index in [9.17, 15) is 9.90 Å². The van der Waals surface area contributed by atoms with E-state index in [-0.39, 0.29) is 17.4 Å². The molecule has 3 N–H and O–H groups in total. The minimum Gasteiger partial charge on any atom is -0.507 e. The normalized spacial score (nSPS) is 20.1. The molecule has 0 aliphatic carbocycles. The van der Waals surface area contributed by atoms with Crippen LogP contribution in [0.4, 0.5) is 0 Å². The number of hydrogen-bond acceptors (Lipinski definition) is 3. The van der Waals surface area contributed by atoms with Gasteiger partial charge in [-0.2, -0.15) is 0 Å². The average Bonchev–Trinajstić information content (AvgIpc) is 2.04. The molecule has 0 aromatic heterocycles. The first-order chi connectivity index (χ1) is 6.70. The molecular weight excluding hydrogens is 182 g/mol. The van der Waals surface area contributed by atoms with Crippen molar-refractivity contribution in [3.63, 3.8) is 0 Å². The molecular formula is C10H11NO3. The predicted molar refractivity (Wildman–Crippen MR) is 50.4 cm³/mol. The second-order valence-electron chi connectivity index (χ2n) is 3.34. The van der Waals surface area contributed by atoms with E-state index in [1.807, 2.05) is 0 Å². The van der Waals surface area contributed by atoms with Gasteiger partial charge in [0, 0.05) is 11.6 Å². The summed E-state index contributed by atoms with van der Waals surface area (Å²) in [5, 5.41) is 21.6. The Hall–Kier alpha value is -1.55. The summed E-state index contributed by atoms with van der Waals surface area (Å²) in [4.78, 5) is 10.7. The van der Waals surface area contributed by atoms with Crippen molar-refractivity contribution in [1.29, 1.82) is 0 Å². The van der Waals surface area contributed by atoms with Crippen molar-refractivity contribution < 1.29 is 15.0 Å². The topological polar surface area (TPSA) is 69.6 Å². The number of carbonyl (C=O) groups is 1. The standard InChI is InChI=1S/C10H11NO3/c12-9-6(8-4-5-11-8)2-1-3-7(9)10(13)14/h1-3,8,11-12H,4-5H2,(H,13,14). The molecule has 1 atom stereocenters. The van der Waals surface area contributed by atoms with Gasteiger partial charge >= 0.3 is 5.97 Å². The van der Waals surface area contributed by atoms with E-state index >= 15 is 0 Å². The smallest absolute Gasteiger partial charge is 0.339 e. The first-order valence-electron chi connectivity index (χ1n) is 4.48. The number of rotatable bonds is 2. The number of aromatic hydroxyl groups is 1. The van der Waals surface area contributed by atoms with Crippen LogP contribution < -0.4 is 5.32 Å². The van der Waals surface area contributed by atoms with Crippen LogP contribution in [-0.4, -0.2) is 22.7 Å². The van der Waals surface area contributed by atoms with E-state index < -0.39 is 5.97 Å². The van der Waals surface area contributed by atoms with E-state index in [1.165, 1.54) is 6.07 Å². The summed E-state index contributed by atoms with van der Waals surface area (Å²) in [5.41, 5.74) is 0.646. The number of phenols is 1. The summed E-state index contributed by atoms with van der Waals surface area (Å²) < 4.78 is 0. The van der Waals surface area contributed by atoms with Crippen molar-refractivity contribution in [3.05, 3.63) is 29.3 Å². The molecule has 1 heterocycles. The van der Waals surface area contributed by atoms with Gasteiger partial charge in [0.05, 0.1) is 0 Å². The van der Waals surface area contributed by atoms with E-state index in [2.05, 4.69) is 5.32 Å². The molecule has 1 aromatic carbocycles. The van der Waals surface area contributed by atoms with Gasteiger partial charge in [0.2, 0.25) is 0 Å². The van der Waals surface area contributed by atoms with Crippen LogP contribution >= 0.6 is 0 Å². The monoisotopic (exact) mass is 193 g/mol. The van der Waals surface area contributed by atoms with Crippen LogP contribution in [-0.2, 0) is 0 Å². The van der Waals surface area contributed by atoms with Crippen LogP contribution in [0.2, 0.25) is 0 Å². The number of hydrogen-bond donors (Lipinski definition) is 3. The number of para-hydroxylation sites is 1. The minimum absolute atomic E-state index is 0.0313. The molecule has 4 heteroatoms. The van der Waals surface area contributed by atoms with Crippen LogP contribution in [0.15, 0.2) is 18.2 Å². The molecule has 1 saturated heterocycles. The minimum atomic E-state index is -1.09. The number of aromatic carboxylic acids is 1. The maximum Gasteiger partial charge on any atom is 0.339 e. The van der Waals surface area contributed by atoms with Crippen molar-refractivity contribution >= 4 is 5.97 Å². The van der Waals surface area contributed by atoms with Gasteiger partial charge in [0.1, 0.15) is 11.3 Å². The Bertz CT molecular complexity index is 372. The van der Waals surface area contributed by atoms with E-state index in [0.29, 0.717) is 5.56 Å². The molecule has 2 rings (SSSR count). The molecule has 1 aliphatic heterocycles. The molecule has 74 valence electrons. The quantitative estimate of drug-likeness (QED) is 0.658. The summed E-state index contributed by atoms with van der Waals surface area (Å²) in [6.07, 6.45) is 0.941. The zero-order valence-corrected chi connectivity index (χ0v) is 7.53. The molecule has 4 nitrogen and oxygen atoms in total. The zero-order chi connectivity index (χ0) is 10.1. The highest BCUT2D eigenvalue weighted by molar-refractivity contribution is 5.91. The highest BCUT2D eigenvalue weighted by Crippen LogP contribution is 2.32. The first kappa shape index (κ1) is 9.02. The fraction of sp³-hybridized carbons (Fsp3) is 0.300. The molecule has 1 aliphatic rings. The molecule has 0 spiro atoms. The number of carboxylic acid groups (broad SMARTS) is 1. The fourth-order valence-corrected chi connectivity index (χ4v) is 1.57. The highest BCUT2D eigenvalue weighted by atomic mass is 16.4. The van der Waals surface area contributed by atoms with Crippen molar-refractivity contribution in [2.24, 2.45) is 0 Å². The molecule has 0 bridgehead atoms. The summed E-state index contributed by atoms with van der Waals surface area (Å²) in [5.74, 6) is -1.21. The van der Waals surface area contributed by atoms with Gasteiger partial charge in [-0.25, -0.2) is 4.79 Å². The van der Waals surface area contributed by atoms with Crippen LogP contribution in [0.5, 0.6) is 5.75 Å².